The van der Waals surface area contributed by atoms with E-state index in [2.05, 4.69) is 5.32 Å². The number of hydrogen-bond donors (Lipinski definition) is 1. The van der Waals surface area contributed by atoms with Gasteiger partial charge < -0.3 is 10.2 Å². The minimum Gasteiger partial charge on any atom is -0.333 e. The van der Waals surface area contributed by atoms with Gasteiger partial charge in [0.25, 0.3) is 0 Å². The molecule has 0 radical (unpaired) electrons. The van der Waals surface area contributed by atoms with E-state index in [-0.39, 0.29) is 18.0 Å². The molecular weight excluding hydrogens is 318 g/mol. The standard InChI is InChI=1S/C17H20F2N2O3/c1-11(22)12-8-13(18)17(14(19)9-12)20-15(23)10-21-7-5-3-2-4-6-16(21)24/h8-9H,2-7,10H2,1H3,(H,20,23). The first kappa shape index (κ1) is 18.0. The summed E-state index contributed by atoms with van der Waals surface area (Å²) >= 11 is 0. The Bertz CT molecular complexity index is 638. The fourth-order valence-electron chi connectivity index (χ4n) is 2.63. The number of likely N-dealkylation sites (tertiary alicyclic amines) is 1. The Morgan fingerprint density at radius 1 is 1.12 bits per heavy atom. The average Bonchev–Trinajstić information content (AvgIpc) is 2.50. The molecule has 5 nitrogen and oxygen atoms in total. The number of rotatable bonds is 4. The molecule has 0 aliphatic carbocycles. The third-order valence-corrected chi connectivity index (χ3v) is 3.97. The van der Waals surface area contributed by atoms with Crippen LogP contribution in [0.5, 0.6) is 0 Å². The quantitative estimate of drug-likeness (QED) is 0.859. The number of Topliss-reactive ketones (excluding diaryl/α,β-unsaturated/α-hetero) is 1. The highest BCUT2D eigenvalue weighted by Crippen LogP contribution is 2.21. The van der Waals surface area contributed by atoms with E-state index in [4.69, 9.17) is 0 Å². The minimum absolute atomic E-state index is 0.109. The maximum Gasteiger partial charge on any atom is 0.244 e. The zero-order valence-corrected chi connectivity index (χ0v) is 13.5. The predicted octanol–water partition coefficient (Wildman–Crippen LogP) is 2.90. The van der Waals surface area contributed by atoms with E-state index in [0.717, 1.165) is 37.8 Å². The molecule has 1 N–H and O–H groups in total. The molecule has 1 fully saturated rings. The smallest absolute Gasteiger partial charge is 0.244 e. The van der Waals surface area contributed by atoms with E-state index in [1.807, 2.05) is 0 Å². The van der Waals surface area contributed by atoms with Gasteiger partial charge in [0.1, 0.15) is 17.3 Å². The molecule has 1 aromatic rings. The van der Waals surface area contributed by atoms with Crippen LogP contribution < -0.4 is 5.32 Å². The first-order valence-corrected chi connectivity index (χ1v) is 7.96. The summed E-state index contributed by atoms with van der Waals surface area (Å²) in [5.41, 5.74) is -0.716. The molecule has 24 heavy (non-hydrogen) atoms. The molecule has 1 heterocycles. The van der Waals surface area contributed by atoms with Crippen molar-refractivity contribution in [2.75, 3.05) is 18.4 Å². The Labute approximate surface area is 139 Å². The van der Waals surface area contributed by atoms with E-state index in [9.17, 15) is 23.2 Å². The second kappa shape index (κ2) is 7.99. The molecule has 0 bridgehead atoms. The van der Waals surface area contributed by atoms with Gasteiger partial charge in [-0.2, -0.15) is 0 Å². The summed E-state index contributed by atoms with van der Waals surface area (Å²) in [7, 11) is 0. The Kier molecular flexibility index (Phi) is 6.00. The number of halogens is 2. The zero-order valence-electron chi connectivity index (χ0n) is 13.5. The highest BCUT2D eigenvalue weighted by Gasteiger charge is 2.21. The van der Waals surface area contributed by atoms with Gasteiger partial charge in [0, 0.05) is 18.5 Å². The van der Waals surface area contributed by atoms with Gasteiger partial charge in [0.05, 0.1) is 6.54 Å². The SMILES string of the molecule is CC(=O)c1cc(F)c(NC(=O)CN2CCCCCCC2=O)c(F)c1. The highest BCUT2D eigenvalue weighted by atomic mass is 19.1. The highest BCUT2D eigenvalue weighted by molar-refractivity contribution is 5.97. The van der Waals surface area contributed by atoms with E-state index in [0.29, 0.717) is 13.0 Å². The van der Waals surface area contributed by atoms with Gasteiger partial charge in [-0.1, -0.05) is 12.8 Å². The second-order valence-corrected chi connectivity index (χ2v) is 5.90. The molecule has 2 rings (SSSR count). The minimum atomic E-state index is -1.02. The van der Waals surface area contributed by atoms with Crippen molar-refractivity contribution < 1.29 is 23.2 Å². The summed E-state index contributed by atoms with van der Waals surface area (Å²) in [4.78, 5) is 36.6. The van der Waals surface area contributed by atoms with Crippen LogP contribution in [0.25, 0.3) is 0 Å². The molecule has 1 saturated heterocycles. The van der Waals surface area contributed by atoms with Crippen molar-refractivity contribution in [2.24, 2.45) is 0 Å². The first-order chi connectivity index (χ1) is 11.4. The van der Waals surface area contributed by atoms with Crippen molar-refractivity contribution in [3.8, 4) is 0 Å². The Hall–Kier alpha value is -2.31. The summed E-state index contributed by atoms with van der Waals surface area (Å²) in [5, 5.41) is 2.15. The summed E-state index contributed by atoms with van der Waals surface area (Å²) in [6.45, 7) is 1.41. The molecule has 7 heteroatoms. The fourth-order valence-corrected chi connectivity index (χ4v) is 2.63. The number of amides is 2. The summed E-state index contributed by atoms with van der Waals surface area (Å²) in [6.07, 6.45) is 3.94. The van der Waals surface area contributed by atoms with Crippen molar-refractivity contribution in [3.05, 3.63) is 29.3 Å². The van der Waals surface area contributed by atoms with Gasteiger partial charge in [-0.3, -0.25) is 14.4 Å². The molecule has 0 spiro atoms. The number of nitrogens with one attached hydrogen (secondary N) is 1. The van der Waals surface area contributed by atoms with Crippen LogP contribution in [0.4, 0.5) is 14.5 Å². The van der Waals surface area contributed by atoms with Gasteiger partial charge in [-0.15, -0.1) is 0 Å². The monoisotopic (exact) mass is 338 g/mol. The van der Waals surface area contributed by atoms with Crippen molar-refractivity contribution in [1.82, 2.24) is 4.90 Å². The van der Waals surface area contributed by atoms with Crippen LogP contribution in [0.15, 0.2) is 12.1 Å². The summed E-state index contributed by atoms with van der Waals surface area (Å²) < 4.78 is 27.8. The molecule has 1 aliphatic heterocycles. The second-order valence-electron chi connectivity index (χ2n) is 5.90. The Morgan fingerprint density at radius 2 is 1.75 bits per heavy atom. The molecule has 1 aromatic carbocycles. The van der Waals surface area contributed by atoms with E-state index >= 15 is 0 Å². The first-order valence-electron chi connectivity index (χ1n) is 7.96. The van der Waals surface area contributed by atoms with Crippen LogP contribution in [-0.4, -0.2) is 35.6 Å². The van der Waals surface area contributed by atoms with Crippen LogP contribution in [0.3, 0.4) is 0 Å². The number of nitrogens with zero attached hydrogens (tertiary/aromatic N) is 1. The van der Waals surface area contributed by atoms with Gasteiger partial charge in [0.15, 0.2) is 5.78 Å². The lowest BCUT2D eigenvalue weighted by molar-refractivity contribution is -0.135. The van der Waals surface area contributed by atoms with Crippen LogP contribution in [-0.2, 0) is 9.59 Å². The zero-order chi connectivity index (χ0) is 17.7. The fraction of sp³-hybridized carbons (Fsp3) is 0.471. The number of carbonyl (C=O) groups excluding carboxylic acids is 3. The topological polar surface area (TPSA) is 66.5 Å². The van der Waals surface area contributed by atoms with Gasteiger partial charge >= 0.3 is 0 Å². The molecule has 0 atom stereocenters. The summed E-state index contributed by atoms with van der Waals surface area (Å²) in [6, 6.07) is 1.75. The van der Waals surface area contributed by atoms with E-state index < -0.39 is 29.0 Å². The molecular formula is C17H20F2N2O3. The van der Waals surface area contributed by atoms with Gasteiger partial charge in [-0.25, -0.2) is 8.78 Å². The number of anilines is 1. The Balaban J connectivity index is 2.06. The van der Waals surface area contributed by atoms with Crippen molar-refractivity contribution >= 4 is 23.3 Å². The predicted molar refractivity (Wildman–Crippen MR) is 84.7 cm³/mol. The number of hydrogen-bond acceptors (Lipinski definition) is 3. The van der Waals surface area contributed by atoms with E-state index in [1.165, 1.54) is 11.8 Å². The van der Waals surface area contributed by atoms with Crippen molar-refractivity contribution in [2.45, 2.75) is 39.0 Å². The van der Waals surface area contributed by atoms with Crippen LogP contribution in [0, 0.1) is 11.6 Å². The number of ketones is 1. The largest absolute Gasteiger partial charge is 0.333 e. The maximum atomic E-state index is 13.9. The normalized spacial score (nSPS) is 15.6. The third-order valence-electron chi connectivity index (χ3n) is 3.97. The third kappa shape index (κ3) is 4.59. The summed E-state index contributed by atoms with van der Waals surface area (Å²) in [5.74, 6) is -3.31. The van der Waals surface area contributed by atoms with Crippen molar-refractivity contribution in [1.29, 1.82) is 0 Å². The molecule has 0 aromatic heterocycles. The van der Waals surface area contributed by atoms with Crippen LogP contribution >= 0.6 is 0 Å². The lowest BCUT2D eigenvalue weighted by Gasteiger charge is -2.24. The Morgan fingerprint density at radius 3 is 2.38 bits per heavy atom. The molecule has 2 amide bonds. The molecule has 130 valence electrons. The molecule has 1 aliphatic rings. The molecule has 0 unspecified atom stereocenters. The van der Waals surface area contributed by atoms with Crippen molar-refractivity contribution in [3.63, 3.8) is 0 Å². The molecule has 0 saturated carbocycles. The number of carbonyl (C=O) groups is 3. The number of benzene rings is 1. The van der Waals surface area contributed by atoms with Gasteiger partial charge in [-0.05, 0) is 31.9 Å². The van der Waals surface area contributed by atoms with E-state index in [1.54, 1.807) is 0 Å². The maximum absolute atomic E-state index is 13.9. The van der Waals surface area contributed by atoms with Gasteiger partial charge in [0.2, 0.25) is 11.8 Å². The lowest BCUT2D eigenvalue weighted by Crippen LogP contribution is -2.39. The van der Waals surface area contributed by atoms with Crippen LogP contribution in [0.2, 0.25) is 0 Å². The average molecular weight is 338 g/mol. The lowest BCUT2D eigenvalue weighted by atomic mass is 10.1. The van der Waals surface area contributed by atoms with Crippen LogP contribution in [0.1, 0.15) is 49.4 Å².